The second-order valence-corrected chi connectivity index (χ2v) is 9.34. The molecule has 8 heteroatoms. The molecule has 150 valence electrons. The lowest BCUT2D eigenvalue weighted by molar-refractivity contribution is -0.0744. The van der Waals surface area contributed by atoms with Crippen molar-refractivity contribution in [1.29, 1.82) is 0 Å². The van der Waals surface area contributed by atoms with Gasteiger partial charge < -0.3 is 9.73 Å². The number of nitrogens with one attached hydrogen (secondary N) is 2. The molecule has 0 spiro atoms. The van der Waals surface area contributed by atoms with Crippen molar-refractivity contribution < 1.29 is 9.21 Å². The first-order valence-corrected chi connectivity index (χ1v) is 10.3. The number of aromatic amines is 1. The van der Waals surface area contributed by atoms with Crippen molar-refractivity contribution in [3.63, 3.8) is 0 Å². The highest BCUT2D eigenvalue weighted by atomic mass is 16.3. The average molecular weight is 392 g/mol. The van der Waals surface area contributed by atoms with Gasteiger partial charge in [-0.3, -0.25) is 9.89 Å². The summed E-state index contributed by atoms with van der Waals surface area (Å²) >= 11 is 0. The van der Waals surface area contributed by atoms with Crippen LogP contribution in [0.15, 0.2) is 35.3 Å². The minimum absolute atomic E-state index is 0.0176. The number of nitrogens with zero attached hydrogens (tertiary/aromatic N) is 4. The van der Waals surface area contributed by atoms with Gasteiger partial charge >= 0.3 is 0 Å². The highest BCUT2D eigenvalue weighted by Crippen LogP contribution is 2.60. The fraction of sp³-hybridized carbons (Fsp3) is 0.524. The van der Waals surface area contributed by atoms with Gasteiger partial charge in [-0.25, -0.2) is 9.67 Å². The second kappa shape index (κ2) is 5.81. The first kappa shape index (κ1) is 17.0. The van der Waals surface area contributed by atoms with Gasteiger partial charge in [-0.1, -0.05) is 0 Å². The Morgan fingerprint density at radius 2 is 2.10 bits per heavy atom. The number of furan rings is 1. The summed E-state index contributed by atoms with van der Waals surface area (Å²) in [5.74, 6) is 2.65. The predicted octanol–water partition coefficient (Wildman–Crippen LogP) is 3.05. The van der Waals surface area contributed by atoms with Crippen LogP contribution in [0.1, 0.15) is 54.8 Å². The van der Waals surface area contributed by atoms with Gasteiger partial charge in [0.25, 0.3) is 5.91 Å². The molecule has 0 saturated heterocycles. The number of H-pyrrole nitrogens is 1. The number of hydrogen-bond donors (Lipinski definition) is 2. The van der Waals surface area contributed by atoms with Crippen LogP contribution in [0, 0.1) is 18.8 Å². The monoisotopic (exact) mass is 392 g/mol. The third-order valence-corrected chi connectivity index (χ3v) is 7.13. The molecule has 4 aliphatic rings. The van der Waals surface area contributed by atoms with Gasteiger partial charge in [-0.15, -0.1) is 0 Å². The second-order valence-electron chi connectivity index (χ2n) is 9.34. The maximum absolute atomic E-state index is 13.1. The number of aromatic nitrogens is 5. The van der Waals surface area contributed by atoms with Crippen LogP contribution in [-0.2, 0) is 5.54 Å². The highest BCUT2D eigenvalue weighted by molar-refractivity contribution is 5.93. The maximum Gasteiger partial charge on any atom is 0.272 e. The molecule has 4 bridgehead atoms. The van der Waals surface area contributed by atoms with Crippen molar-refractivity contribution in [3.05, 3.63) is 42.3 Å². The number of hydrogen-bond acceptors (Lipinski definition) is 5. The summed E-state index contributed by atoms with van der Waals surface area (Å²) in [6.45, 7) is 1.89. The minimum atomic E-state index is -0.187. The molecule has 3 aromatic heterocycles. The number of carbonyl (C=O) groups excluding carboxylic acids is 1. The summed E-state index contributed by atoms with van der Waals surface area (Å²) in [5, 5.41) is 15.0. The topological polar surface area (TPSA) is 102 Å². The van der Waals surface area contributed by atoms with E-state index in [0.29, 0.717) is 29.0 Å². The summed E-state index contributed by atoms with van der Waals surface area (Å²) in [6.07, 6.45) is 9.99. The molecule has 8 nitrogen and oxygen atoms in total. The molecule has 2 atom stereocenters. The maximum atomic E-state index is 13.1. The summed E-state index contributed by atoms with van der Waals surface area (Å²) in [4.78, 5) is 17.3. The van der Waals surface area contributed by atoms with Crippen LogP contribution in [0.25, 0.3) is 11.5 Å². The third-order valence-electron chi connectivity index (χ3n) is 7.13. The molecule has 3 aromatic rings. The molecule has 4 fully saturated rings. The summed E-state index contributed by atoms with van der Waals surface area (Å²) in [7, 11) is 0. The highest BCUT2D eigenvalue weighted by Gasteiger charge is 2.59. The van der Waals surface area contributed by atoms with Crippen LogP contribution in [0.4, 0.5) is 0 Å². The molecule has 4 saturated carbocycles. The minimum Gasteiger partial charge on any atom is -0.460 e. The van der Waals surface area contributed by atoms with Gasteiger partial charge in [0.2, 0.25) is 0 Å². The van der Waals surface area contributed by atoms with E-state index in [1.807, 2.05) is 25.4 Å². The Kier molecular flexibility index (Phi) is 3.40. The van der Waals surface area contributed by atoms with Crippen molar-refractivity contribution in [3.8, 4) is 11.5 Å². The molecule has 0 aliphatic heterocycles. The van der Waals surface area contributed by atoms with E-state index < -0.39 is 0 Å². The van der Waals surface area contributed by atoms with Crippen LogP contribution in [0.3, 0.4) is 0 Å². The van der Waals surface area contributed by atoms with Crippen LogP contribution in [-0.4, -0.2) is 36.4 Å². The summed E-state index contributed by atoms with van der Waals surface area (Å²) < 4.78 is 7.69. The zero-order chi connectivity index (χ0) is 19.6. The van der Waals surface area contributed by atoms with E-state index in [1.54, 1.807) is 12.4 Å². The summed E-state index contributed by atoms with van der Waals surface area (Å²) in [6, 6.07) is 5.54. The Labute approximate surface area is 168 Å². The molecule has 1 amide bonds. The Hall–Kier alpha value is -2.90. The Morgan fingerprint density at radius 3 is 2.79 bits per heavy atom. The first-order chi connectivity index (χ1) is 14.0. The SMILES string of the molecule is Cc1ccc(-c2cc(C(=O)NC34CC5CC(C3)CC(n3cncn3)(C5)C4)n[nH]2)o1. The zero-order valence-corrected chi connectivity index (χ0v) is 16.4. The molecular weight excluding hydrogens is 368 g/mol. The molecule has 2 N–H and O–H groups in total. The van der Waals surface area contributed by atoms with Crippen molar-refractivity contribution in [1.82, 2.24) is 30.3 Å². The van der Waals surface area contributed by atoms with Gasteiger partial charge in [0.15, 0.2) is 11.5 Å². The van der Waals surface area contributed by atoms with E-state index in [-0.39, 0.29) is 17.0 Å². The largest absolute Gasteiger partial charge is 0.460 e. The molecule has 7 rings (SSSR count). The molecule has 0 radical (unpaired) electrons. The summed E-state index contributed by atoms with van der Waals surface area (Å²) in [5.41, 5.74) is 0.913. The molecule has 0 aromatic carbocycles. The Bertz CT molecular complexity index is 1050. The lowest BCUT2D eigenvalue weighted by atomic mass is 9.50. The van der Waals surface area contributed by atoms with E-state index in [4.69, 9.17) is 4.42 Å². The zero-order valence-electron chi connectivity index (χ0n) is 16.4. The predicted molar refractivity (Wildman–Crippen MR) is 104 cm³/mol. The lowest BCUT2D eigenvalue weighted by Gasteiger charge is -2.61. The number of rotatable bonds is 4. The smallest absolute Gasteiger partial charge is 0.272 e. The third kappa shape index (κ3) is 2.65. The molecule has 4 aliphatic carbocycles. The number of amides is 1. The fourth-order valence-corrected chi connectivity index (χ4v) is 6.53. The average Bonchev–Trinajstić information content (AvgIpc) is 3.42. The van der Waals surface area contributed by atoms with Crippen LogP contribution >= 0.6 is 0 Å². The van der Waals surface area contributed by atoms with E-state index in [0.717, 1.165) is 37.9 Å². The van der Waals surface area contributed by atoms with Crippen LogP contribution in [0.5, 0.6) is 0 Å². The van der Waals surface area contributed by atoms with E-state index in [9.17, 15) is 4.79 Å². The molecule has 3 heterocycles. The van der Waals surface area contributed by atoms with Gasteiger partial charge in [0, 0.05) is 11.6 Å². The van der Waals surface area contributed by atoms with Gasteiger partial charge in [-0.2, -0.15) is 10.2 Å². The molecule has 2 unspecified atom stereocenters. The lowest BCUT2D eigenvalue weighted by Crippen LogP contribution is -2.65. The van der Waals surface area contributed by atoms with Crippen LogP contribution < -0.4 is 5.32 Å². The van der Waals surface area contributed by atoms with Crippen molar-refractivity contribution in [2.24, 2.45) is 11.8 Å². The first-order valence-electron chi connectivity index (χ1n) is 10.3. The number of carbonyl (C=O) groups is 1. The number of aryl methyl sites for hydroxylation is 1. The van der Waals surface area contributed by atoms with E-state index in [2.05, 4.69) is 30.3 Å². The van der Waals surface area contributed by atoms with Gasteiger partial charge in [-0.05, 0) is 69.4 Å². The van der Waals surface area contributed by atoms with Crippen molar-refractivity contribution in [2.45, 2.75) is 56.5 Å². The van der Waals surface area contributed by atoms with E-state index in [1.165, 1.54) is 6.42 Å². The van der Waals surface area contributed by atoms with Gasteiger partial charge in [0.1, 0.15) is 24.1 Å². The molecule has 29 heavy (non-hydrogen) atoms. The Morgan fingerprint density at radius 1 is 1.28 bits per heavy atom. The fourth-order valence-electron chi connectivity index (χ4n) is 6.53. The Balaban J connectivity index is 1.27. The standard InChI is InChI=1S/C21H24N6O2/c1-13-2-3-18(29-13)16-5-17(26-25-16)19(28)24-20-6-14-4-15(7-20)9-21(8-14,10-20)27-12-22-11-23-27/h2-3,5,11-12,14-15H,4,6-10H2,1H3,(H,24,28)(H,25,26). The van der Waals surface area contributed by atoms with Crippen molar-refractivity contribution in [2.75, 3.05) is 0 Å². The quantitative estimate of drug-likeness (QED) is 0.711. The normalized spacial score (nSPS) is 32.6. The van der Waals surface area contributed by atoms with Crippen molar-refractivity contribution >= 4 is 5.91 Å². The van der Waals surface area contributed by atoms with Crippen LogP contribution in [0.2, 0.25) is 0 Å². The van der Waals surface area contributed by atoms with E-state index >= 15 is 0 Å². The molecular formula is C21H24N6O2. The van der Waals surface area contributed by atoms with Gasteiger partial charge in [0.05, 0.1) is 5.54 Å².